The number of thioether (sulfide) groups is 1. The second-order valence-electron chi connectivity index (χ2n) is 4.72. The molecule has 1 atom stereocenters. The number of likely N-dealkylation sites (N-methyl/N-ethyl adjacent to an activating group) is 1. The lowest BCUT2D eigenvalue weighted by Gasteiger charge is -2.16. The molecule has 0 fully saturated rings. The summed E-state index contributed by atoms with van der Waals surface area (Å²) in [6.45, 7) is 3.77. The summed E-state index contributed by atoms with van der Waals surface area (Å²) >= 11 is 1.75. The van der Waals surface area contributed by atoms with E-state index in [0.717, 1.165) is 31.0 Å². The minimum Gasteiger partial charge on any atom is -0.493 e. The SMILES string of the molecule is CCCSCC(O)c1c(OC)cnn1CCN(C)C. The van der Waals surface area contributed by atoms with Crippen LogP contribution in [0.25, 0.3) is 0 Å². The number of aliphatic hydroxyl groups is 1. The van der Waals surface area contributed by atoms with Gasteiger partial charge in [0.2, 0.25) is 0 Å². The van der Waals surface area contributed by atoms with Crippen molar-refractivity contribution in [2.75, 3.05) is 39.3 Å². The van der Waals surface area contributed by atoms with Crippen LogP contribution < -0.4 is 4.74 Å². The molecular weight excluding hydrogens is 262 g/mol. The maximum Gasteiger partial charge on any atom is 0.162 e. The van der Waals surface area contributed by atoms with Crippen molar-refractivity contribution in [3.05, 3.63) is 11.9 Å². The average Bonchev–Trinajstić information content (AvgIpc) is 2.79. The number of hydrogen-bond acceptors (Lipinski definition) is 5. The minimum absolute atomic E-state index is 0.531. The monoisotopic (exact) mass is 287 g/mol. The number of rotatable bonds is 9. The van der Waals surface area contributed by atoms with Crippen molar-refractivity contribution in [1.29, 1.82) is 0 Å². The number of aromatic nitrogens is 2. The van der Waals surface area contributed by atoms with E-state index in [-0.39, 0.29) is 0 Å². The third kappa shape index (κ3) is 5.04. The lowest BCUT2D eigenvalue weighted by Crippen LogP contribution is -2.21. The molecule has 1 aromatic rings. The quantitative estimate of drug-likeness (QED) is 0.700. The average molecular weight is 287 g/mol. The molecule has 0 aliphatic rings. The summed E-state index contributed by atoms with van der Waals surface area (Å²) in [6.07, 6.45) is 2.27. The Balaban J connectivity index is 2.73. The van der Waals surface area contributed by atoms with Gasteiger partial charge in [-0.15, -0.1) is 0 Å². The van der Waals surface area contributed by atoms with Gasteiger partial charge in [0.1, 0.15) is 11.8 Å². The molecule has 5 nitrogen and oxygen atoms in total. The second kappa shape index (κ2) is 8.45. The molecular formula is C13H25N3O2S. The van der Waals surface area contributed by atoms with E-state index in [2.05, 4.69) is 16.9 Å². The molecule has 6 heteroatoms. The summed E-state index contributed by atoms with van der Waals surface area (Å²) in [7, 11) is 5.66. The van der Waals surface area contributed by atoms with E-state index in [1.165, 1.54) is 0 Å². The molecule has 0 aliphatic carbocycles. The Kier molecular flexibility index (Phi) is 7.27. The van der Waals surface area contributed by atoms with Crippen molar-refractivity contribution in [2.45, 2.75) is 26.0 Å². The number of hydrogen-bond donors (Lipinski definition) is 1. The fourth-order valence-electron chi connectivity index (χ4n) is 1.76. The zero-order valence-electron chi connectivity index (χ0n) is 12.3. The smallest absolute Gasteiger partial charge is 0.162 e. The largest absolute Gasteiger partial charge is 0.493 e. The van der Waals surface area contributed by atoms with E-state index in [0.29, 0.717) is 11.5 Å². The van der Waals surface area contributed by atoms with Gasteiger partial charge in [0.05, 0.1) is 19.9 Å². The van der Waals surface area contributed by atoms with E-state index in [1.54, 1.807) is 25.1 Å². The first kappa shape index (κ1) is 16.3. The Hall–Kier alpha value is -0.720. The van der Waals surface area contributed by atoms with Gasteiger partial charge >= 0.3 is 0 Å². The summed E-state index contributed by atoms with van der Waals surface area (Å²) < 4.78 is 7.14. The first-order chi connectivity index (χ1) is 9.10. The summed E-state index contributed by atoms with van der Waals surface area (Å²) in [5.41, 5.74) is 0.785. The van der Waals surface area contributed by atoms with Crippen molar-refractivity contribution >= 4 is 11.8 Å². The maximum absolute atomic E-state index is 10.3. The summed E-state index contributed by atoms with van der Waals surface area (Å²) in [4.78, 5) is 2.09. The van der Waals surface area contributed by atoms with E-state index in [1.807, 2.05) is 18.8 Å². The molecule has 0 aromatic carbocycles. The number of ether oxygens (including phenoxy) is 1. The molecule has 1 unspecified atom stereocenters. The molecule has 1 rings (SSSR count). The molecule has 0 spiro atoms. The molecule has 1 heterocycles. The number of methoxy groups -OCH3 is 1. The lowest BCUT2D eigenvalue weighted by molar-refractivity contribution is 0.185. The van der Waals surface area contributed by atoms with Crippen LogP contribution in [-0.4, -0.2) is 59.0 Å². The van der Waals surface area contributed by atoms with Crippen molar-refractivity contribution in [3.63, 3.8) is 0 Å². The Bertz CT molecular complexity index is 369. The van der Waals surface area contributed by atoms with Crippen molar-refractivity contribution in [3.8, 4) is 5.75 Å². The molecule has 0 bridgehead atoms. The zero-order chi connectivity index (χ0) is 14.3. The highest BCUT2D eigenvalue weighted by Gasteiger charge is 2.19. The second-order valence-corrected chi connectivity index (χ2v) is 5.87. The predicted molar refractivity (Wildman–Crippen MR) is 79.9 cm³/mol. The summed E-state index contributed by atoms with van der Waals surface area (Å²) in [5.74, 6) is 2.41. The van der Waals surface area contributed by atoms with Gasteiger partial charge in [-0.3, -0.25) is 4.68 Å². The molecule has 0 saturated heterocycles. The van der Waals surface area contributed by atoms with Gasteiger partial charge in [0.15, 0.2) is 5.75 Å². The molecule has 1 N–H and O–H groups in total. The van der Waals surface area contributed by atoms with Crippen LogP contribution in [0.4, 0.5) is 0 Å². The van der Waals surface area contributed by atoms with Crippen LogP contribution in [0.1, 0.15) is 25.1 Å². The number of aliphatic hydroxyl groups excluding tert-OH is 1. The fraction of sp³-hybridized carbons (Fsp3) is 0.769. The highest BCUT2D eigenvalue weighted by molar-refractivity contribution is 7.99. The van der Waals surface area contributed by atoms with Crippen LogP contribution in [-0.2, 0) is 6.54 Å². The van der Waals surface area contributed by atoms with E-state index >= 15 is 0 Å². The molecule has 1 aromatic heterocycles. The van der Waals surface area contributed by atoms with Crippen LogP contribution in [0.2, 0.25) is 0 Å². The normalized spacial score (nSPS) is 12.9. The highest BCUT2D eigenvalue weighted by atomic mass is 32.2. The molecule has 110 valence electrons. The van der Waals surface area contributed by atoms with Crippen molar-refractivity contribution in [2.24, 2.45) is 0 Å². The third-order valence-electron chi connectivity index (χ3n) is 2.76. The first-order valence-electron chi connectivity index (χ1n) is 6.60. The Labute approximate surface area is 119 Å². The van der Waals surface area contributed by atoms with Crippen molar-refractivity contribution < 1.29 is 9.84 Å². The first-order valence-corrected chi connectivity index (χ1v) is 7.75. The van der Waals surface area contributed by atoms with Gasteiger partial charge < -0.3 is 14.7 Å². The van der Waals surface area contributed by atoms with Crippen LogP contribution in [0.5, 0.6) is 5.75 Å². The third-order valence-corrected chi connectivity index (χ3v) is 4.01. The van der Waals surface area contributed by atoms with Gasteiger partial charge in [-0.25, -0.2) is 0 Å². The van der Waals surface area contributed by atoms with E-state index in [9.17, 15) is 5.11 Å². The lowest BCUT2D eigenvalue weighted by atomic mass is 10.2. The van der Waals surface area contributed by atoms with Crippen LogP contribution in [0.3, 0.4) is 0 Å². The van der Waals surface area contributed by atoms with E-state index < -0.39 is 6.10 Å². The van der Waals surface area contributed by atoms with Gasteiger partial charge in [-0.05, 0) is 26.3 Å². The van der Waals surface area contributed by atoms with Crippen molar-refractivity contribution in [1.82, 2.24) is 14.7 Å². The van der Waals surface area contributed by atoms with Gasteiger partial charge in [0, 0.05) is 12.3 Å². The summed E-state index contributed by atoms with van der Waals surface area (Å²) in [5, 5.41) is 14.6. The summed E-state index contributed by atoms with van der Waals surface area (Å²) in [6, 6.07) is 0. The van der Waals surface area contributed by atoms with Gasteiger partial charge in [-0.1, -0.05) is 6.92 Å². The zero-order valence-corrected chi connectivity index (χ0v) is 13.1. The van der Waals surface area contributed by atoms with Gasteiger partial charge in [-0.2, -0.15) is 16.9 Å². The molecule has 0 radical (unpaired) electrons. The van der Waals surface area contributed by atoms with Crippen LogP contribution >= 0.6 is 11.8 Å². The maximum atomic E-state index is 10.3. The molecule has 0 amide bonds. The molecule has 19 heavy (non-hydrogen) atoms. The standard InChI is InChI=1S/C13H25N3O2S/c1-5-8-19-10-11(17)13-12(18-4)9-14-16(13)7-6-15(2)3/h9,11,17H,5-8,10H2,1-4H3. The Morgan fingerprint density at radius 3 is 2.84 bits per heavy atom. The van der Waals surface area contributed by atoms with Crippen LogP contribution in [0, 0.1) is 0 Å². The predicted octanol–water partition coefficient (Wildman–Crippen LogP) is 1.63. The van der Waals surface area contributed by atoms with Gasteiger partial charge in [0.25, 0.3) is 0 Å². The highest BCUT2D eigenvalue weighted by Crippen LogP contribution is 2.27. The fourth-order valence-corrected chi connectivity index (χ4v) is 2.60. The van der Waals surface area contributed by atoms with Crippen LogP contribution in [0.15, 0.2) is 6.20 Å². The Morgan fingerprint density at radius 1 is 1.53 bits per heavy atom. The topological polar surface area (TPSA) is 50.5 Å². The molecule has 0 saturated carbocycles. The molecule has 0 aliphatic heterocycles. The van der Waals surface area contributed by atoms with E-state index in [4.69, 9.17) is 4.74 Å². The number of nitrogens with zero attached hydrogens (tertiary/aromatic N) is 3. The Morgan fingerprint density at radius 2 is 2.26 bits per heavy atom. The minimum atomic E-state index is -0.531.